The van der Waals surface area contributed by atoms with E-state index in [9.17, 15) is 4.79 Å². The molecule has 1 heterocycles. The highest BCUT2D eigenvalue weighted by molar-refractivity contribution is 5.82. The van der Waals surface area contributed by atoms with Gasteiger partial charge in [-0.05, 0) is 11.1 Å². The number of rotatable bonds is 8. The van der Waals surface area contributed by atoms with E-state index < -0.39 is 0 Å². The first-order valence-electron chi connectivity index (χ1n) is 8.31. The van der Waals surface area contributed by atoms with Gasteiger partial charge in [0.1, 0.15) is 6.61 Å². The van der Waals surface area contributed by atoms with Gasteiger partial charge in [0.25, 0.3) is 5.91 Å². The lowest BCUT2D eigenvalue weighted by molar-refractivity contribution is 0.0748. The van der Waals surface area contributed by atoms with Crippen LogP contribution in [0.4, 0.5) is 11.9 Å². The molecule has 0 aliphatic rings. The summed E-state index contributed by atoms with van der Waals surface area (Å²) in [5.41, 5.74) is 2.19. The number of nitrogens with one attached hydrogen (secondary N) is 2. The summed E-state index contributed by atoms with van der Waals surface area (Å²) >= 11 is 0. The van der Waals surface area contributed by atoms with Gasteiger partial charge >= 0.3 is 0 Å². The van der Waals surface area contributed by atoms with E-state index in [1.54, 1.807) is 0 Å². The summed E-state index contributed by atoms with van der Waals surface area (Å²) in [4.78, 5) is 16.6. The summed E-state index contributed by atoms with van der Waals surface area (Å²) < 4.78 is 6.16. The van der Waals surface area contributed by atoms with Gasteiger partial charge in [-0.2, -0.15) is 9.67 Å². The number of hydrogen-bond acceptors (Lipinski definition) is 6. The molecule has 2 N–H and O–H groups in total. The lowest BCUT2D eigenvalue weighted by Gasteiger charge is -2.06. The standard InChI is InChI=1S/C19H21N5O2/c1-26-14-17(25)24-19(21-13-16-10-6-3-7-11-16)22-18(23-24)20-12-15-8-4-2-5-9-15/h2-11H,12-14H2,1H3,(H2,20,21,22,23). The van der Waals surface area contributed by atoms with Crippen molar-refractivity contribution in [1.29, 1.82) is 0 Å². The van der Waals surface area contributed by atoms with Crippen molar-refractivity contribution in [2.45, 2.75) is 13.1 Å². The molecule has 26 heavy (non-hydrogen) atoms. The summed E-state index contributed by atoms with van der Waals surface area (Å²) in [7, 11) is 1.47. The molecule has 0 aliphatic carbocycles. The Morgan fingerprint density at radius 3 is 2.12 bits per heavy atom. The number of methoxy groups -OCH3 is 1. The van der Waals surface area contributed by atoms with Crippen molar-refractivity contribution in [3.8, 4) is 0 Å². The molecule has 0 fully saturated rings. The summed E-state index contributed by atoms with van der Waals surface area (Å²) in [6.07, 6.45) is 0. The molecule has 7 nitrogen and oxygen atoms in total. The molecule has 0 saturated carbocycles. The molecular weight excluding hydrogens is 330 g/mol. The second-order valence-electron chi connectivity index (χ2n) is 5.68. The number of ether oxygens (including phenoxy) is 1. The van der Waals surface area contributed by atoms with Gasteiger partial charge in [0.05, 0.1) is 0 Å². The van der Waals surface area contributed by atoms with Crippen molar-refractivity contribution in [2.24, 2.45) is 0 Å². The zero-order chi connectivity index (χ0) is 18.2. The molecule has 0 radical (unpaired) electrons. The maximum atomic E-state index is 12.2. The predicted molar refractivity (Wildman–Crippen MR) is 100 cm³/mol. The Bertz CT molecular complexity index is 834. The van der Waals surface area contributed by atoms with Crippen LogP contribution in [0.15, 0.2) is 60.7 Å². The maximum absolute atomic E-state index is 12.2. The fraction of sp³-hybridized carbons (Fsp3) is 0.211. The van der Waals surface area contributed by atoms with Gasteiger partial charge < -0.3 is 15.4 Å². The molecule has 3 rings (SSSR count). The van der Waals surface area contributed by atoms with Gasteiger partial charge in [0, 0.05) is 20.2 Å². The van der Waals surface area contributed by atoms with Gasteiger partial charge in [-0.25, -0.2) is 0 Å². The fourth-order valence-electron chi connectivity index (χ4n) is 2.41. The lowest BCUT2D eigenvalue weighted by atomic mass is 10.2. The molecule has 134 valence electrons. The van der Waals surface area contributed by atoms with Crippen molar-refractivity contribution < 1.29 is 9.53 Å². The van der Waals surface area contributed by atoms with Crippen LogP contribution in [0.5, 0.6) is 0 Å². The summed E-state index contributed by atoms with van der Waals surface area (Å²) in [6.45, 7) is 1.04. The molecule has 0 aliphatic heterocycles. The molecule has 3 aromatic rings. The molecule has 0 atom stereocenters. The van der Waals surface area contributed by atoms with Crippen LogP contribution < -0.4 is 10.6 Å². The normalized spacial score (nSPS) is 10.5. The van der Waals surface area contributed by atoms with Crippen LogP contribution in [0.2, 0.25) is 0 Å². The summed E-state index contributed by atoms with van der Waals surface area (Å²) in [6, 6.07) is 19.8. The van der Waals surface area contributed by atoms with E-state index in [0.717, 1.165) is 11.1 Å². The first-order chi connectivity index (χ1) is 12.8. The molecule has 0 spiro atoms. The molecule has 2 aromatic carbocycles. The van der Waals surface area contributed by atoms with Crippen LogP contribution >= 0.6 is 0 Å². The van der Waals surface area contributed by atoms with Crippen molar-refractivity contribution in [3.63, 3.8) is 0 Å². The second kappa shape index (κ2) is 8.77. The number of benzene rings is 2. The molecule has 0 saturated heterocycles. The number of carbonyl (C=O) groups excluding carboxylic acids is 1. The number of anilines is 2. The Kier molecular flexibility index (Phi) is 5.95. The summed E-state index contributed by atoms with van der Waals surface area (Å²) in [5.74, 6) is 0.476. The van der Waals surface area contributed by atoms with Crippen molar-refractivity contribution in [3.05, 3.63) is 71.8 Å². The first-order valence-corrected chi connectivity index (χ1v) is 8.31. The molecule has 0 unspecified atom stereocenters. The van der Waals surface area contributed by atoms with Crippen LogP contribution in [-0.2, 0) is 17.8 Å². The third-order valence-corrected chi connectivity index (χ3v) is 3.70. The Hall–Kier alpha value is -3.19. The molecule has 0 amide bonds. The Morgan fingerprint density at radius 2 is 1.54 bits per heavy atom. The van der Waals surface area contributed by atoms with E-state index in [0.29, 0.717) is 25.0 Å². The molecule has 7 heteroatoms. The highest BCUT2D eigenvalue weighted by Crippen LogP contribution is 2.12. The molecule has 1 aromatic heterocycles. The summed E-state index contributed by atoms with van der Waals surface area (Å²) in [5, 5.41) is 10.6. The molecule has 0 bridgehead atoms. The van der Waals surface area contributed by atoms with Gasteiger partial charge in [0.15, 0.2) is 0 Å². The van der Waals surface area contributed by atoms with Crippen LogP contribution in [0, 0.1) is 0 Å². The van der Waals surface area contributed by atoms with Gasteiger partial charge in [0.2, 0.25) is 11.9 Å². The highest BCUT2D eigenvalue weighted by atomic mass is 16.5. The lowest BCUT2D eigenvalue weighted by Crippen LogP contribution is -2.20. The van der Waals surface area contributed by atoms with E-state index in [2.05, 4.69) is 20.7 Å². The van der Waals surface area contributed by atoms with E-state index in [1.807, 2.05) is 60.7 Å². The largest absolute Gasteiger partial charge is 0.375 e. The quantitative estimate of drug-likeness (QED) is 0.649. The van der Waals surface area contributed by atoms with Gasteiger partial charge in [-0.15, -0.1) is 5.10 Å². The fourth-order valence-corrected chi connectivity index (χ4v) is 2.41. The molecular formula is C19H21N5O2. The minimum Gasteiger partial charge on any atom is -0.375 e. The third-order valence-electron chi connectivity index (χ3n) is 3.70. The number of aromatic nitrogens is 3. The first kappa shape index (κ1) is 17.6. The van der Waals surface area contributed by atoms with Crippen molar-refractivity contribution in [1.82, 2.24) is 14.8 Å². The van der Waals surface area contributed by atoms with E-state index in [4.69, 9.17) is 4.74 Å². The average Bonchev–Trinajstić information content (AvgIpc) is 3.10. The zero-order valence-corrected chi connectivity index (χ0v) is 14.6. The van der Waals surface area contributed by atoms with Crippen LogP contribution in [-0.4, -0.2) is 34.4 Å². The van der Waals surface area contributed by atoms with Crippen LogP contribution in [0.1, 0.15) is 15.9 Å². The van der Waals surface area contributed by atoms with Crippen molar-refractivity contribution >= 4 is 17.8 Å². The predicted octanol–water partition coefficient (Wildman–Crippen LogP) is 2.79. The minimum absolute atomic E-state index is 0.0680. The van der Waals surface area contributed by atoms with Crippen LogP contribution in [0.25, 0.3) is 0 Å². The van der Waals surface area contributed by atoms with E-state index in [1.165, 1.54) is 11.8 Å². The topological polar surface area (TPSA) is 81.1 Å². The van der Waals surface area contributed by atoms with Gasteiger partial charge in [-0.1, -0.05) is 60.7 Å². The smallest absolute Gasteiger partial charge is 0.276 e. The third kappa shape index (κ3) is 4.67. The van der Waals surface area contributed by atoms with Crippen LogP contribution in [0.3, 0.4) is 0 Å². The van der Waals surface area contributed by atoms with E-state index >= 15 is 0 Å². The average molecular weight is 351 g/mol. The monoisotopic (exact) mass is 351 g/mol. The maximum Gasteiger partial charge on any atom is 0.276 e. The second-order valence-corrected chi connectivity index (χ2v) is 5.68. The van der Waals surface area contributed by atoms with E-state index in [-0.39, 0.29) is 12.5 Å². The van der Waals surface area contributed by atoms with Crippen molar-refractivity contribution in [2.75, 3.05) is 24.4 Å². The number of carbonyl (C=O) groups is 1. The Balaban J connectivity index is 1.72. The number of nitrogens with zero attached hydrogens (tertiary/aromatic N) is 3. The number of hydrogen-bond donors (Lipinski definition) is 2. The SMILES string of the molecule is COCC(=O)n1nc(NCc2ccccc2)nc1NCc1ccccc1. The highest BCUT2D eigenvalue weighted by Gasteiger charge is 2.16. The minimum atomic E-state index is -0.289. The van der Waals surface area contributed by atoms with Gasteiger partial charge in [-0.3, -0.25) is 4.79 Å². The zero-order valence-electron chi connectivity index (χ0n) is 14.6. The Labute approximate surface area is 152 Å². The Morgan fingerprint density at radius 1 is 0.962 bits per heavy atom.